The van der Waals surface area contributed by atoms with E-state index in [1.807, 2.05) is 6.07 Å². The van der Waals surface area contributed by atoms with Gasteiger partial charge in [-0.1, -0.05) is 0 Å². The van der Waals surface area contributed by atoms with Crippen molar-refractivity contribution in [3.63, 3.8) is 0 Å². The number of benzene rings is 2. The van der Waals surface area contributed by atoms with E-state index in [0.29, 0.717) is 0 Å². The van der Waals surface area contributed by atoms with E-state index in [1.165, 1.54) is 0 Å². The van der Waals surface area contributed by atoms with Crippen molar-refractivity contribution in [1.29, 1.82) is 0 Å². The molecular weight excluding hydrogens is 938 g/mol. The first-order chi connectivity index (χ1) is 18.9. The fraction of sp³-hybridized carbons (Fsp3) is 0.360. The Morgan fingerprint density at radius 2 is 1.15 bits per heavy atom. The molecule has 2 aliphatic rings. The predicted molar refractivity (Wildman–Crippen MR) is 134 cm³/mol. The van der Waals surface area contributed by atoms with Gasteiger partial charge in [-0.15, -0.1) is 0 Å². The summed E-state index contributed by atoms with van der Waals surface area (Å²) in [7, 11) is 0. The van der Waals surface area contributed by atoms with Crippen molar-refractivity contribution in [1.82, 2.24) is 0 Å². The van der Waals surface area contributed by atoms with Gasteiger partial charge in [0, 0.05) is 0 Å². The molecule has 0 aromatic heterocycles. The minimum atomic E-state index is -3.91. The summed E-state index contributed by atoms with van der Waals surface area (Å²) in [5.74, 6) is -11.1. The molecule has 0 bridgehead atoms. The molecule has 1 N–H and O–H groups in total. The maximum absolute atomic E-state index is 13.6. The number of hydrogen-bond acceptors (Lipinski definition) is 9. The molecule has 2 saturated heterocycles. The zero-order chi connectivity index (χ0) is 29.5. The van der Waals surface area contributed by atoms with Gasteiger partial charge in [-0.3, -0.25) is 0 Å². The van der Waals surface area contributed by atoms with Crippen LogP contribution < -0.4 is 6.54 Å². The van der Waals surface area contributed by atoms with E-state index in [0.717, 1.165) is 6.54 Å². The average Bonchev–Trinajstić information content (AvgIpc) is 3.27. The van der Waals surface area contributed by atoms with Gasteiger partial charge < -0.3 is 0 Å². The number of alkyl halides is 4. The second-order valence-corrected chi connectivity index (χ2v) is 18.0. The average molecular weight is 962 g/mol. The standard InChI is InChI=1S/C7H7F2O4.C6H5F2O5.2C6H5.2Bi.2H/c1-2-4-5(12-3-10)7(8,9)6(11)13-4;7-6(8)4(12-2-10)3(1-9)13-5(6)11;2*1-2-4-6-5-3-1;;;;/h4-5H,2H2,1H3;3-4,9H,1H2;2*1-5H;;;;/t4-,5+;3-,4+;;;;;;/m11....../s1. The Morgan fingerprint density at radius 1 is 0.775 bits per heavy atom. The van der Waals surface area contributed by atoms with Crippen LogP contribution in [0.2, 0.25) is 0 Å². The summed E-state index contributed by atoms with van der Waals surface area (Å²) in [6, 6.07) is 17.6. The predicted octanol–water partition coefficient (Wildman–Crippen LogP) is 1.03. The van der Waals surface area contributed by atoms with Gasteiger partial charge in [0.15, 0.2) is 0 Å². The molecule has 0 saturated carbocycles. The Hall–Kier alpha value is -2.23. The number of halogens is 4. The van der Waals surface area contributed by atoms with Crippen molar-refractivity contribution in [2.75, 3.05) is 6.61 Å². The van der Waals surface area contributed by atoms with E-state index in [2.05, 4.69) is 9.47 Å². The number of aliphatic hydroxyl groups is 1. The Balaban J connectivity index is 0.000000220. The molecule has 2 aromatic rings. The monoisotopic (exact) mass is 962 g/mol. The summed E-state index contributed by atoms with van der Waals surface area (Å²) in [4.78, 5) is 45.5. The van der Waals surface area contributed by atoms with Crippen LogP contribution in [0.1, 0.15) is 13.3 Å². The Labute approximate surface area is 248 Å². The summed E-state index contributed by atoms with van der Waals surface area (Å²) in [5, 5.41) is 8.90. The van der Waals surface area contributed by atoms with Crippen LogP contribution in [-0.4, -0.2) is 114 Å². The van der Waals surface area contributed by atoms with Gasteiger partial charge in [0.05, 0.1) is 0 Å². The number of carbonyl (C=O) groups excluding carboxylic acids is 4. The molecule has 2 aliphatic heterocycles. The molecular formula is C25H24Bi2F4O9. The van der Waals surface area contributed by atoms with E-state index in [4.69, 9.17) is 14.6 Å². The van der Waals surface area contributed by atoms with E-state index in [-0.39, 0.29) is 6.42 Å². The number of hydrogen-bond donors (Lipinski definition) is 1. The van der Waals surface area contributed by atoms with E-state index < -0.39 is 109 Å². The quantitative estimate of drug-likeness (QED) is 0.179. The summed E-state index contributed by atoms with van der Waals surface area (Å²) in [6.07, 6.45) is -6.26. The van der Waals surface area contributed by atoms with E-state index in [9.17, 15) is 36.7 Å². The fourth-order valence-electron chi connectivity index (χ4n) is 3.55. The fourth-order valence-corrected chi connectivity index (χ4v) is 9.62. The van der Waals surface area contributed by atoms with Crippen LogP contribution in [0.15, 0.2) is 60.7 Å². The summed E-state index contributed by atoms with van der Waals surface area (Å²) < 4.78 is 72.9. The van der Waals surface area contributed by atoms with Gasteiger partial charge >= 0.3 is 250 Å². The number of cyclic esters (lactones) is 2. The first-order valence-electron chi connectivity index (χ1n) is 11.7. The zero-order valence-electron chi connectivity index (χ0n) is 20.7. The molecule has 0 unspecified atom stereocenters. The topological polar surface area (TPSA) is 125 Å². The van der Waals surface area contributed by atoms with E-state index in [1.54, 1.807) is 61.5 Å². The molecule has 4 atom stereocenters. The van der Waals surface area contributed by atoms with Crippen molar-refractivity contribution in [2.45, 2.75) is 49.6 Å². The molecule has 0 spiro atoms. The Kier molecular flexibility index (Phi) is 11.4. The molecule has 216 valence electrons. The van der Waals surface area contributed by atoms with Crippen LogP contribution in [0.25, 0.3) is 0 Å². The molecule has 4 rings (SSSR count). The number of ether oxygens (including phenoxy) is 4. The van der Waals surface area contributed by atoms with Gasteiger partial charge in [0.1, 0.15) is 0 Å². The van der Waals surface area contributed by atoms with Crippen LogP contribution in [-0.2, 0) is 28.5 Å². The van der Waals surface area contributed by atoms with Crippen LogP contribution in [0.3, 0.4) is 0 Å². The molecule has 0 aliphatic carbocycles. The third-order valence-corrected chi connectivity index (χ3v) is 12.9. The number of esters is 2. The first kappa shape index (κ1) is 32.3. The van der Waals surface area contributed by atoms with E-state index >= 15 is 0 Å². The van der Waals surface area contributed by atoms with Gasteiger partial charge in [-0.2, -0.15) is 0 Å². The third kappa shape index (κ3) is 7.94. The number of aliphatic hydroxyl groups excluding tert-OH is 1. The summed E-state index contributed by atoms with van der Waals surface area (Å²) >= 11 is -4.12. The Morgan fingerprint density at radius 3 is 1.52 bits per heavy atom. The molecule has 0 amide bonds. The SMILES string of the molecule is CC[C@H]1OC(=O)C(F)(F)[C@H]1O[C](=O)[BiH][c]1ccccc1.O=[C](O[C@H]1[C@@H](CO)OC(=O)C1(F)F)[BiH][c]1ccccc1. The molecule has 0 radical (unpaired) electrons. The second kappa shape index (κ2) is 14.1. The maximum atomic E-state index is 13.6. The first-order valence-corrected chi connectivity index (χ1v) is 19.5. The van der Waals surface area contributed by atoms with Crippen LogP contribution in [0.4, 0.5) is 27.2 Å². The van der Waals surface area contributed by atoms with Crippen LogP contribution in [0.5, 0.6) is 0 Å². The van der Waals surface area contributed by atoms with Crippen LogP contribution in [0, 0.1) is 0 Å². The number of carbonyl (C=O) groups is 4. The molecule has 2 heterocycles. The molecule has 15 heteroatoms. The van der Waals surface area contributed by atoms with Gasteiger partial charge in [-0.25, -0.2) is 0 Å². The van der Waals surface area contributed by atoms with Crippen LogP contribution >= 0.6 is 0 Å². The number of rotatable bonds is 8. The molecule has 2 aromatic carbocycles. The van der Waals surface area contributed by atoms with Crippen molar-refractivity contribution in [2.24, 2.45) is 0 Å². The molecule has 9 nitrogen and oxygen atoms in total. The Bertz CT molecular complexity index is 1110. The zero-order valence-corrected chi connectivity index (χ0v) is 28.5. The van der Waals surface area contributed by atoms with Gasteiger partial charge in [-0.05, 0) is 0 Å². The van der Waals surface area contributed by atoms with Gasteiger partial charge in [0.2, 0.25) is 0 Å². The third-order valence-electron chi connectivity index (χ3n) is 5.54. The summed E-state index contributed by atoms with van der Waals surface area (Å²) in [5.41, 5.74) is 0. The van der Waals surface area contributed by atoms with Crippen molar-refractivity contribution >= 4 is 72.3 Å². The van der Waals surface area contributed by atoms with Crippen molar-refractivity contribution < 1.29 is 60.8 Å². The second-order valence-electron chi connectivity index (χ2n) is 8.36. The normalized spacial score (nSPS) is 24.2. The molecule has 2 fully saturated rings. The summed E-state index contributed by atoms with van der Waals surface area (Å²) in [6.45, 7) is 0.776. The van der Waals surface area contributed by atoms with Crippen molar-refractivity contribution in [3.05, 3.63) is 60.7 Å². The van der Waals surface area contributed by atoms with Gasteiger partial charge in [0.25, 0.3) is 0 Å². The minimum absolute atomic E-state index is 0.179. The van der Waals surface area contributed by atoms with Crippen molar-refractivity contribution in [3.8, 4) is 0 Å². The molecule has 40 heavy (non-hydrogen) atoms.